The maximum atomic E-state index is 13.4. The summed E-state index contributed by atoms with van der Waals surface area (Å²) in [5, 5.41) is 3.30. The number of aromatic nitrogens is 1. The van der Waals surface area contributed by atoms with Crippen LogP contribution in [0.4, 0.5) is 4.39 Å². The van der Waals surface area contributed by atoms with Crippen LogP contribution in [0.25, 0.3) is 10.9 Å². The second-order valence-electron chi connectivity index (χ2n) is 6.73. The Morgan fingerprint density at radius 1 is 1.20 bits per heavy atom. The Bertz CT molecular complexity index is 923. The summed E-state index contributed by atoms with van der Waals surface area (Å²) in [4.78, 5) is 41.3. The quantitative estimate of drug-likeness (QED) is 0.818. The van der Waals surface area contributed by atoms with Crippen LogP contribution in [0.2, 0.25) is 0 Å². The van der Waals surface area contributed by atoms with Crippen LogP contribution < -0.4 is 10.9 Å². The molecule has 1 aromatic carbocycles. The number of pyridine rings is 1. The number of amides is 2. The molecule has 2 amide bonds. The van der Waals surface area contributed by atoms with Gasteiger partial charge in [-0.1, -0.05) is 0 Å². The lowest BCUT2D eigenvalue weighted by Crippen LogP contribution is -2.53. The van der Waals surface area contributed by atoms with E-state index in [9.17, 15) is 18.8 Å². The van der Waals surface area contributed by atoms with Gasteiger partial charge in [-0.3, -0.25) is 14.4 Å². The number of aromatic amines is 1. The zero-order chi connectivity index (χ0) is 17.6. The highest BCUT2D eigenvalue weighted by atomic mass is 19.1. The molecule has 0 unspecified atom stereocenters. The third-order valence-electron chi connectivity index (χ3n) is 5.23. The van der Waals surface area contributed by atoms with Gasteiger partial charge in [-0.15, -0.1) is 0 Å². The fourth-order valence-corrected chi connectivity index (χ4v) is 3.85. The van der Waals surface area contributed by atoms with Crippen LogP contribution in [0.15, 0.2) is 29.1 Å². The largest absolute Gasteiger partial charge is 0.356 e. The van der Waals surface area contributed by atoms with Gasteiger partial charge in [0.15, 0.2) is 0 Å². The Balaban J connectivity index is 1.64. The van der Waals surface area contributed by atoms with Gasteiger partial charge in [-0.25, -0.2) is 4.39 Å². The molecule has 1 aromatic heterocycles. The van der Waals surface area contributed by atoms with E-state index in [1.807, 2.05) is 0 Å². The number of nitrogens with zero attached hydrogens (tertiary/aromatic N) is 1. The number of hydrogen-bond acceptors (Lipinski definition) is 3. The van der Waals surface area contributed by atoms with Crippen molar-refractivity contribution < 1.29 is 14.0 Å². The summed E-state index contributed by atoms with van der Waals surface area (Å²) in [7, 11) is 0. The Morgan fingerprint density at radius 2 is 2.04 bits per heavy atom. The molecule has 2 N–H and O–H groups in total. The third kappa shape index (κ3) is 2.79. The van der Waals surface area contributed by atoms with E-state index < -0.39 is 17.3 Å². The zero-order valence-corrected chi connectivity index (χ0v) is 13.5. The average molecular weight is 343 g/mol. The lowest BCUT2D eigenvalue weighted by molar-refractivity contribution is -0.130. The van der Waals surface area contributed by atoms with Crippen molar-refractivity contribution in [1.82, 2.24) is 15.2 Å². The number of hydrogen-bond donors (Lipinski definition) is 2. The highest BCUT2D eigenvalue weighted by Gasteiger charge is 2.38. The topological polar surface area (TPSA) is 82.3 Å². The van der Waals surface area contributed by atoms with E-state index in [2.05, 4.69) is 10.3 Å². The van der Waals surface area contributed by atoms with Crippen LogP contribution in [-0.2, 0) is 4.79 Å². The van der Waals surface area contributed by atoms with E-state index in [-0.39, 0.29) is 17.4 Å². The average Bonchev–Trinajstić information content (AvgIpc) is 2.61. The standard InChI is InChI=1S/C18H18FN3O3/c19-12-1-2-15-11(7-12)8-13(17(24)21-15)18(25)22-6-4-10-3-5-20-16(23)14(10)9-22/h1-2,7-8,10,14H,3-6,9H2,(H,20,23)(H,21,24)/t10-,14+/m0/s1. The first kappa shape index (κ1) is 15.8. The van der Waals surface area contributed by atoms with Crippen molar-refractivity contribution in [3.63, 3.8) is 0 Å². The van der Waals surface area contributed by atoms with Crippen LogP contribution in [0.5, 0.6) is 0 Å². The summed E-state index contributed by atoms with van der Waals surface area (Å²) in [5.74, 6) is -0.796. The van der Waals surface area contributed by atoms with Gasteiger partial charge < -0.3 is 15.2 Å². The molecule has 0 saturated carbocycles. The summed E-state index contributed by atoms with van der Waals surface area (Å²) >= 11 is 0. The van der Waals surface area contributed by atoms with Gasteiger partial charge in [0.05, 0.1) is 5.92 Å². The van der Waals surface area contributed by atoms with Crippen molar-refractivity contribution >= 4 is 22.7 Å². The fourth-order valence-electron chi connectivity index (χ4n) is 3.85. The van der Waals surface area contributed by atoms with Gasteiger partial charge in [-0.05, 0) is 43.0 Å². The lowest BCUT2D eigenvalue weighted by Gasteiger charge is -2.40. The van der Waals surface area contributed by atoms with Crippen molar-refractivity contribution in [2.45, 2.75) is 12.8 Å². The predicted octanol–water partition coefficient (Wildman–Crippen LogP) is 1.27. The number of nitrogens with one attached hydrogen (secondary N) is 2. The van der Waals surface area contributed by atoms with Gasteiger partial charge in [0.2, 0.25) is 5.91 Å². The minimum Gasteiger partial charge on any atom is -0.356 e. The number of fused-ring (bicyclic) bond motifs is 2. The molecule has 7 heteroatoms. The van der Waals surface area contributed by atoms with Gasteiger partial charge in [0, 0.05) is 30.5 Å². The second kappa shape index (κ2) is 5.98. The molecule has 2 saturated heterocycles. The minimum absolute atomic E-state index is 0.0206. The molecular weight excluding hydrogens is 325 g/mol. The molecule has 6 nitrogen and oxygen atoms in total. The number of piperidine rings is 2. The molecule has 0 spiro atoms. The molecule has 25 heavy (non-hydrogen) atoms. The predicted molar refractivity (Wildman–Crippen MR) is 89.7 cm³/mol. The number of carbonyl (C=O) groups excluding carboxylic acids is 2. The van der Waals surface area contributed by atoms with E-state index in [4.69, 9.17) is 0 Å². The van der Waals surface area contributed by atoms with Gasteiger partial charge in [0.1, 0.15) is 11.4 Å². The molecule has 0 aliphatic carbocycles. The first-order chi connectivity index (χ1) is 12.0. The number of H-pyrrole nitrogens is 1. The van der Waals surface area contributed by atoms with E-state index in [0.717, 1.165) is 12.8 Å². The summed E-state index contributed by atoms with van der Waals surface area (Å²) in [6, 6.07) is 5.43. The maximum absolute atomic E-state index is 13.4. The molecule has 2 aromatic rings. The molecule has 130 valence electrons. The smallest absolute Gasteiger partial charge is 0.261 e. The first-order valence-corrected chi connectivity index (χ1v) is 8.42. The number of likely N-dealkylation sites (tertiary alicyclic amines) is 1. The lowest BCUT2D eigenvalue weighted by atomic mass is 9.80. The molecule has 3 heterocycles. The van der Waals surface area contributed by atoms with Crippen LogP contribution in [0.1, 0.15) is 23.2 Å². The first-order valence-electron chi connectivity index (χ1n) is 8.42. The molecule has 4 rings (SSSR count). The molecule has 2 aliphatic rings. The number of benzene rings is 1. The molecule has 2 fully saturated rings. The Morgan fingerprint density at radius 3 is 2.88 bits per heavy atom. The van der Waals surface area contributed by atoms with Crippen LogP contribution in [0, 0.1) is 17.7 Å². The summed E-state index contributed by atoms with van der Waals surface area (Å²) in [5.41, 5.74) is -0.0413. The third-order valence-corrected chi connectivity index (χ3v) is 5.23. The van der Waals surface area contributed by atoms with Crippen LogP contribution in [-0.4, -0.2) is 41.3 Å². The highest BCUT2D eigenvalue weighted by molar-refractivity contribution is 5.97. The molecule has 0 radical (unpaired) electrons. The zero-order valence-electron chi connectivity index (χ0n) is 13.5. The fraction of sp³-hybridized carbons (Fsp3) is 0.389. The van der Waals surface area contributed by atoms with Crippen molar-refractivity contribution in [2.24, 2.45) is 11.8 Å². The normalized spacial score (nSPS) is 23.2. The van der Waals surface area contributed by atoms with Crippen LogP contribution >= 0.6 is 0 Å². The van der Waals surface area contributed by atoms with Crippen molar-refractivity contribution in [3.05, 3.63) is 46.0 Å². The van der Waals surface area contributed by atoms with E-state index in [1.54, 1.807) is 4.90 Å². The van der Waals surface area contributed by atoms with E-state index >= 15 is 0 Å². The van der Waals surface area contributed by atoms with Crippen molar-refractivity contribution in [2.75, 3.05) is 19.6 Å². The summed E-state index contributed by atoms with van der Waals surface area (Å²) in [6.07, 6.45) is 1.68. The SMILES string of the molecule is O=C1NCC[C@H]2CCN(C(=O)c3cc4cc(F)ccc4[nH]c3=O)C[C@@H]12. The molecular formula is C18H18FN3O3. The molecule has 2 aliphatic heterocycles. The monoisotopic (exact) mass is 343 g/mol. The molecule has 0 bridgehead atoms. The number of carbonyl (C=O) groups is 2. The summed E-state index contributed by atoms with van der Waals surface area (Å²) in [6.45, 7) is 1.52. The second-order valence-corrected chi connectivity index (χ2v) is 6.73. The summed E-state index contributed by atoms with van der Waals surface area (Å²) < 4.78 is 13.4. The molecule has 2 atom stereocenters. The maximum Gasteiger partial charge on any atom is 0.261 e. The van der Waals surface area contributed by atoms with Crippen LogP contribution in [0.3, 0.4) is 0 Å². The Hall–Kier alpha value is -2.70. The van der Waals surface area contributed by atoms with Crippen molar-refractivity contribution in [1.29, 1.82) is 0 Å². The Kier molecular flexibility index (Phi) is 3.78. The highest BCUT2D eigenvalue weighted by Crippen LogP contribution is 2.29. The Labute approximate surface area is 143 Å². The van der Waals surface area contributed by atoms with Crippen molar-refractivity contribution in [3.8, 4) is 0 Å². The van der Waals surface area contributed by atoms with Gasteiger partial charge in [-0.2, -0.15) is 0 Å². The van der Waals surface area contributed by atoms with E-state index in [1.165, 1.54) is 24.3 Å². The van der Waals surface area contributed by atoms with E-state index in [0.29, 0.717) is 36.5 Å². The number of halogens is 1. The number of rotatable bonds is 1. The minimum atomic E-state index is -0.501. The van der Waals surface area contributed by atoms with Gasteiger partial charge in [0.25, 0.3) is 11.5 Å². The van der Waals surface area contributed by atoms with Gasteiger partial charge >= 0.3 is 0 Å².